The van der Waals surface area contributed by atoms with E-state index in [0.717, 1.165) is 12.5 Å². The fourth-order valence-corrected chi connectivity index (χ4v) is 0.0987. The number of hydrogen-bond acceptors (Lipinski definition) is 2. The zero-order valence-electron chi connectivity index (χ0n) is 3.77. The molecule has 0 fully saturated rings. The highest BCUT2D eigenvalue weighted by molar-refractivity contribution is 5.40. The lowest BCUT2D eigenvalue weighted by Crippen LogP contribution is -1.78. The van der Waals surface area contributed by atoms with E-state index in [1.807, 2.05) is 0 Å². The average molecular weight is 103 g/mol. The van der Waals surface area contributed by atoms with Gasteiger partial charge in [0, 0.05) is 0 Å². The first kappa shape index (κ1) is 6.14. The van der Waals surface area contributed by atoms with Crippen LogP contribution >= 0.6 is 0 Å². The van der Waals surface area contributed by atoms with Gasteiger partial charge < -0.3 is 4.74 Å². The normalized spacial score (nSPS) is 10.9. The maximum atomic E-state index is 11.5. The molecule has 0 saturated heterocycles. The largest absolute Gasteiger partial charge is 0.425 e. The molecular formula is C4H4FO2. The molecule has 0 aromatic heterocycles. The molecule has 1 radical (unpaired) electrons. The van der Waals surface area contributed by atoms with E-state index in [1.165, 1.54) is 6.92 Å². The molecule has 0 saturated carbocycles. The Morgan fingerprint density at radius 3 is 2.71 bits per heavy atom. The topological polar surface area (TPSA) is 26.3 Å². The molecule has 0 aliphatic heterocycles. The summed E-state index contributed by atoms with van der Waals surface area (Å²) < 4.78 is 15.1. The van der Waals surface area contributed by atoms with Crippen molar-refractivity contribution in [1.82, 2.24) is 0 Å². The fraction of sp³-hybridized carbons (Fsp3) is 0.250. The van der Waals surface area contributed by atoms with Gasteiger partial charge in [-0.05, 0) is 13.0 Å². The maximum absolute atomic E-state index is 11.5. The highest BCUT2D eigenvalue weighted by atomic mass is 19.1. The second kappa shape index (κ2) is 3.33. The van der Waals surface area contributed by atoms with Crippen LogP contribution in [0.2, 0.25) is 0 Å². The van der Waals surface area contributed by atoms with Gasteiger partial charge in [-0.1, -0.05) is 0 Å². The molecule has 2 nitrogen and oxygen atoms in total. The Balaban J connectivity index is 3.36. The van der Waals surface area contributed by atoms with E-state index in [4.69, 9.17) is 4.79 Å². The van der Waals surface area contributed by atoms with Crippen LogP contribution in [0.15, 0.2) is 12.1 Å². The molecule has 39 valence electrons. The summed E-state index contributed by atoms with van der Waals surface area (Å²) in [5.74, 6) is 0. The van der Waals surface area contributed by atoms with Crippen LogP contribution in [0.25, 0.3) is 0 Å². The number of rotatable bonds is 2. The van der Waals surface area contributed by atoms with E-state index < -0.39 is 6.01 Å². The van der Waals surface area contributed by atoms with Crippen molar-refractivity contribution in [1.29, 1.82) is 0 Å². The summed E-state index contributed by atoms with van der Waals surface area (Å²) >= 11 is 0. The minimum Gasteiger partial charge on any atom is -0.390 e. The minimum absolute atomic E-state index is 0.921. The van der Waals surface area contributed by atoms with Gasteiger partial charge in [0.05, 0.1) is 0 Å². The Hall–Kier alpha value is -0.860. The Bertz CT molecular complexity index is 87.7. The molecule has 0 amide bonds. The number of allylic oxidation sites excluding steroid dienone is 1. The predicted octanol–water partition coefficient (Wildman–Crippen LogP) is 0.901. The zero-order chi connectivity index (χ0) is 5.70. The lowest BCUT2D eigenvalue weighted by molar-refractivity contribution is 0.270. The number of halogens is 1. The van der Waals surface area contributed by atoms with Crippen molar-refractivity contribution in [2.45, 2.75) is 6.92 Å². The molecular weight excluding hydrogens is 99.0 g/mol. The van der Waals surface area contributed by atoms with Crippen LogP contribution in [0.4, 0.5) is 4.39 Å². The zero-order valence-corrected chi connectivity index (χ0v) is 3.77. The van der Waals surface area contributed by atoms with Crippen molar-refractivity contribution < 1.29 is 13.9 Å². The number of hydrogen-bond donors (Lipinski definition) is 0. The van der Waals surface area contributed by atoms with Crippen molar-refractivity contribution in [3.05, 3.63) is 12.1 Å². The van der Waals surface area contributed by atoms with Crippen molar-refractivity contribution in [3.63, 3.8) is 0 Å². The van der Waals surface area contributed by atoms with Gasteiger partial charge in [0.25, 0.3) is 6.01 Å². The van der Waals surface area contributed by atoms with Gasteiger partial charge in [0.2, 0.25) is 0 Å². The predicted molar refractivity (Wildman–Crippen MR) is 21.6 cm³/mol. The standard InChI is InChI=1S/C4H4FO2/c1-2-4(5)7-3-6/h2H,1H3/b4-2-. The number of carbonyl (C=O) groups excluding carboxylic acids is 1. The van der Waals surface area contributed by atoms with Gasteiger partial charge in [-0.15, -0.1) is 0 Å². The second-order valence-electron chi connectivity index (χ2n) is 0.778. The molecule has 0 aromatic carbocycles. The first-order valence-corrected chi connectivity index (χ1v) is 1.67. The van der Waals surface area contributed by atoms with Crippen LogP contribution in [0.3, 0.4) is 0 Å². The average Bonchev–Trinajstić information content (AvgIpc) is 1.68. The molecule has 0 N–H and O–H groups in total. The molecule has 3 heteroatoms. The van der Waals surface area contributed by atoms with E-state index in [2.05, 4.69) is 4.74 Å². The Labute approximate surface area is 40.6 Å². The van der Waals surface area contributed by atoms with Gasteiger partial charge in [0.1, 0.15) is 0 Å². The van der Waals surface area contributed by atoms with Crippen molar-refractivity contribution in [2.24, 2.45) is 0 Å². The summed E-state index contributed by atoms with van der Waals surface area (Å²) in [6, 6.07) is -0.921. The van der Waals surface area contributed by atoms with E-state index in [-0.39, 0.29) is 0 Å². The molecule has 0 heterocycles. The number of ether oxygens (including phenoxy) is 1. The van der Waals surface area contributed by atoms with Crippen LogP contribution in [0.1, 0.15) is 6.92 Å². The summed E-state index contributed by atoms with van der Waals surface area (Å²) in [6.45, 7) is 2.33. The van der Waals surface area contributed by atoms with E-state index >= 15 is 0 Å². The van der Waals surface area contributed by atoms with Gasteiger partial charge >= 0.3 is 6.47 Å². The molecule has 0 spiro atoms. The van der Waals surface area contributed by atoms with Crippen molar-refractivity contribution in [2.75, 3.05) is 0 Å². The monoisotopic (exact) mass is 103 g/mol. The quantitative estimate of drug-likeness (QED) is 0.485. The van der Waals surface area contributed by atoms with Gasteiger partial charge in [0.15, 0.2) is 0 Å². The molecule has 0 aliphatic rings. The molecule has 0 aliphatic carbocycles. The van der Waals surface area contributed by atoms with Crippen molar-refractivity contribution in [3.8, 4) is 0 Å². The van der Waals surface area contributed by atoms with Crippen molar-refractivity contribution >= 4 is 6.47 Å². The van der Waals surface area contributed by atoms with Crippen LogP contribution in [0, 0.1) is 0 Å². The molecule has 0 atom stereocenters. The molecule has 7 heavy (non-hydrogen) atoms. The summed E-state index contributed by atoms with van der Waals surface area (Å²) in [4.78, 5) is 9.15. The smallest absolute Gasteiger partial charge is 0.390 e. The Morgan fingerprint density at radius 1 is 2.00 bits per heavy atom. The third kappa shape index (κ3) is 2.96. The van der Waals surface area contributed by atoms with E-state index in [1.54, 1.807) is 0 Å². The first-order valence-electron chi connectivity index (χ1n) is 1.67. The third-order valence-electron chi connectivity index (χ3n) is 0.366. The van der Waals surface area contributed by atoms with Gasteiger partial charge in [-0.25, -0.2) is 4.79 Å². The summed E-state index contributed by atoms with van der Waals surface area (Å²) in [5, 5.41) is 0. The molecule has 0 rings (SSSR count). The van der Waals surface area contributed by atoms with Crippen LogP contribution in [-0.2, 0) is 9.53 Å². The van der Waals surface area contributed by atoms with Crippen LogP contribution < -0.4 is 0 Å². The molecule has 0 aromatic rings. The van der Waals surface area contributed by atoms with Gasteiger partial charge in [-0.2, -0.15) is 4.39 Å². The van der Waals surface area contributed by atoms with E-state index in [0.29, 0.717) is 0 Å². The lowest BCUT2D eigenvalue weighted by atomic mass is 10.7. The highest BCUT2D eigenvalue weighted by Gasteiger charge is 1.86. The second-order valence-corrected chi connectivity index (χ2v) is 0.778. The van der Waals surface area contributed by atoms with E-state index in [9.17, 15) is 4.39 Å². The first-order chi connectivity index (χ1) is 3.31. The summed E-state index contributed by atoms with van der Waals surface area (Å²) in [5.41, 5.74) is 0. The van der Waals surface area contributed by atoms with Gasteiger partial charge in [-0.3, -0.25) is 0 Å². The third-order valence-corrected chi connectivity index (χ3v) is 0.366. The lowest BCUT2D eigenvalue weighted by Gasteiger charge is -1.82. The fourth-order valence-electron chi connectivity index (χ4n) is 0.0987. The Kier molecular flexibility index (Phi) is 2.92. The minimum atomic E-state index is -0.921. The summed E-state index contributed by atoms with van der Waals surface area (Å²) in [6.07, 6.45) is 1.02. The SMILES string of the molecule is C/C=C(/F)O[C]=O. The summed E-state index contributed by atoms with van der Waals surface area (Å²) in [7, 11) is 0. The maximum Gasteiger partial charge on any atom is 0.425 e. The molecule has 0 bridgehead atoms. The molecule has 0 unspecified atom stereocenters. The van der Waals surface area contributed by atoms with Crippen LogP contribution in [0.5, 0.6) is 0 Å². The highest BCUT2D eigenvalue weighted by Crippen LogP contribution is 1.92. The van der Waals surface area contributed by atoms with Crippen LogP contribution in [-0.4, -0.2) is 6.47 Å². The Morgan fingerprint density at radius 2 is 2.57 bits per heavy atom.